The third-order valence-electron chi connectivity index (χ3n) is 3.93. The average molecular weight is 267 g/mol. The van der Waals surface area contributed by atoms with Crippen molar-refractivity contribution in [2.45, 2.75) is 44.8 Å². The summed E-state index contributed by atoms with van der Waals surface area (Å²) in [6.07, 6.45) is 6.62. The largest absolute Gasteiger partial charge is 0.481 e. The van der Waals surface area contributed by atoms with Crippen molar-refractivity contribution in [1.29, 1.82) is 0 Å². The molecule has 1 fully saturated rings. The minimum atomic E-state index is -0.884. The fraction of sp³-hybridized carbons (Fsp3) is 0.714. The molecule has 5 nitrogen and oxygen atoms in total. The Bertz CT molecular complexity index is 374. The first kappa shape index (κ1) is 14.1. The van der Waals surface area contributed by atoms with E-state index in [0.717, 1.165) is 12.8 Å². The van der Waals surface area contributed by atoms with Crippen LogP contribution in [0.25, 0.3) is 0 Å². The molecule has 2 aliphatic rings. The number of hydrogen-bond donors (Lipinski definition) is 2. The number of carbonyl (C=O) groups is 2. The van der Waals surface area contributed by atoms with Gasteiger partial charge >= 0.3 is 5.97 Å². The first-order chi connectivity index (χ1) is 9.11. The summed E-state index contributed by atoms with van der Waals surface area (Å²) >= 11 is 0. The van der Waals surface area contributed by atoms with E-state index in [9.17, 15) is 9.59 Å². The number of rotatable bonds is 5. The van der Waals surface area contributed by atoms with Crippen LogP contribution in [0.3, 0.4) is 0 Å². The maximum absolute atomic E-state index is 12.1. The average Bonchev–Trinajstić information content (AvgIpc) is 2.36. The van der Waals surface area contributed by atoms with Crippen LogP contribution in [-0.2, 0) is 14.3 Å². The van der Waals surface area contributed by atoms with E-state index >= 15 is 0 Å². The Hall–Kier alpha value is -1.36. The summed E-state index contributed by atoms with van der Waals surface area (Å²) in [6, 6.07) is 0.143. The number of allylic oxidation sites excluding steroid dienone is 2. The lowest BCUT2D eigenvalue weighted by molar-refractivity contribution is -0.148. The van der Waals surface area contributed by atoms with E-state index in [4.69, 9.17) is 9.84 Å². The number of carboxylic acid groups (broad SMARTS) is 1. The van der Waals surface area contributed by atoms with E-state index in [2.05, 4.69) is 5.32 Å². The van der Waals surface area contributed by atoms with Crippen molar-refractivity contribution in [2.75, 3.05) is 6.61 Å². The molecule has 2 rings (SSSR count). The molecule has 0 aromatic heterocycles. The van der Waals surface area contributed by atoms with E-state index in [1.54, 1.807) is 0 Å². The van der Waals surface area contributed by atoms with Crippen LogP contribution in [0.5, 0.6) is 0 Å². The molecule has 1 saturated carbocycles. The number of carbonyl (C=O) groups excluding carboxylic acids is 1. The molecule has 0 heterocycles. The Morgan fingerprint density at radius 1 is 1.26 bits per heavy atom. The first-order valence-corrected chi connectivity index (χ1v) is 6.91. The lowest BCUT2D eigenvalue weighted by Crippen LogP contribution is -2.51. The summed E-state index contributed by atoms with van der Waals surface area (Å²) in [5.41, 5.74) is 0. The fourth-order valence-corrected chi connectivity index (χ4v) is 2.74. The predicted molar refractivity (Wildman–Crippen MR) is 69.6 cm³/mol. The van der Waals surface area contributed by atoms with Gasteiger partial charge in [-0.05, 0) is 32.6 Å². The molecule has 5 heteroatoms. The molecule has 0 spiro atoms. The maximum Gasteiger partial charge on any atom is 0.307 e. The summed E-state index contributed by atoms with van der Waals surface area (Å²) in [4.78, 5) is 23.3. The second-order valence-electron chi connectivity index (χ2n) is 5.25. The van der Waals surface area contributed by atoms with Gasteiger partial charge in [0.15, 0.2) is 0 Å². The van der Waals surface area contributed by atoms with Crippen molar-refractivity contribution in [3.63, 3.8) is 0 Å². The third-order valence-corrected chi connectivity index (χ3v) is 3.93. The SMILES string of the molecule is CCOC1CC(NC(=O)C2CC=CCC2C(=O)O)C1. The van der Waals surface area contributed by atoms with Crippen LogP contribution in [0.15, 0.2) is 12.2 Å². The van der Waals surface area contributed by atoms with Crippen LogP contribution >= 0.6 is 0 Å². The van der Waals surface area contributed by atoms with Gasteiger partial charge in [-0.3, -0.25) is 9.59 Å². The number of amides is 1. The van der Waals surface area contributed by atoms with Gasteiger partial charge in [-0.1, -0.05) is 12.2 Å². The van der Waals surface area contributed by atoms with E-state index in [-0.39, 0.29) is 18.1 Å². The summed E-state index contributed by atoms with van der Waals surface area (Å²) in [5.74, 6) is -2.04. The monoisotopic (exact) mass is 267 g/mol. The summed E-state index contributed by atoms with van der Waals surface area (Å²) in [6.45, 7) is 2.65. The molecule has 0 radical (unpaired) electrons. The van der Waals surface area contributed by atoms with Crippen molar-refractivity contribution < 1.29 is 19.4 Å². The molecular weight excluding hydrogens is 246 g/mol. The smallest absolute Gasteiger partial charge is 0.307 e. The van der Waals surface area contributed by atoms with Crippen LogP contribution in [0.2, 0.25) is 0 Å². The molecule has 0 bridgehead atoms. The number of ether oxygens (including phenoxy) is 1. The van der Waals surface area contributed by atoms with Crippen molar-refractivity contribution in [3.8, 4) is 0 Å². The first-order valence-electron chi connectivity index (χ1n) is 6.91. The van der Waals surface area contributed by atoms with Crippen molar-refractivity contribution in [2.24, 2.45) is 11.8 Å². The highest BCUT2D eigenvalue weighted by Gasteiger charge is 2.37. The van der Waals surface area contributed by atoms with Crippen LogP contribution in [0.1, 0.15) is 32.6 Å². The van der Waals surface area contributed by atoms with Gasteiger partial charge in [-0.2, -0.15) is 0 Å². The van der Waals surface area contributed by atoms with Crippen LogP contribution in [-0.4, -0.2) is 35.7 Å². The van der Waals surface area contributed by atoms with Gasteiger partial charge in [0.2, 0.25) is 5.91 Å². The second-order valence-corrected chi connectivity index (χ2v) is 5.25. The zero-order valence-corrected chi connectivity index (χ0v) is 11.2. The molecule has 0 aliphatic heterocycles. The van der Waals surface area contributed by atoms with Gasteiger partial charge in [0.25, 0.3) is 0 Å². The lowest BCUT2D eigenvalue weighted by Gasteiger charge is -2.37. The van der Waals surface area contributed by atoms with Crippen molar-refractivity contribution in [3.05, 3.63) is 12.2 Å². The van der Waals surface area contributed by atoms with E-state index in [1.165, 1.54) is 0 Å². The zero-order valence-electron chi connectivity index (χ0n) is 11.2. The number of nitrogens with one attached hydrogen (secondary N) is 1. The minimum Gasteiger partial charge on any atom is -0.481 e. The van der Waals surface area contributed by atoms with Crippen LogP contribution in [0, 0.1) is 11.8 Å². The van der Waals surface area contributed by atoms with E-state index < -0.39 is 17.8 Å². The Kier molecular flexibility index (Phi) is 4.58. The van der Waals surface area contributed by atoms with E-state index in [0.29, 0.717) is 19.4 Å². The van der Waals surface area contributed by atoms with Crippen molar-refractivity contribution in [1.82, 2.24) is 5.32 Å². The molecule has 106 valence electrons. The predicted octanol–water partition coefficient (Wildman–Crippen LogP) is 1.34. The van der Waals surface area contributed by atoms with Gasteiger partial charge in [-0.15, -0.1) is 0 Å². The highest BCUT2D eigenvalue weighted by molar-refractivity contribution is 5.85. The highest BCUT2D eigenvalue weighted by atomic mass is 16.5. The minimum absolute atomic E-state index is 0.128. The molecular formula is C14H21NO4. The third kappa shape index (κ3) is 3.35. The van der Waals surface area contributed by atoms with Crippen LogP contribution < -0.4 is 5.32 Å². The zero-order chi connectivity index (χ0) is 13.8. The molecule has 2 aliphatic carbocycles. The molecule has 1 amide bonds. The molecule has 0 aromatic carbocycles. The summed E-state index contributed by atoms with van der Waals surface area (Å²) < 4.78 is 5.44. The molecule has 0 aromatic rings. The Balaban J connectivity index is 1.83. The Morgan fingerprint density at radius 2 is 1.89 bits per heavy atom. The lowest BCUT2D eigenvalue weighted by atomic mass is 9.81. The summed E-state index contributed by atoms with van der Waals surface area (Å²) in [5, 5.41) is 12.1. The molecule has 2 N–H and O–H groups in total. The summed E-state index contributed by atoms with van der Waals surface area (Å²) in [7, 11) is 0. The normalized spacial score (nSPS) is 33.5. The van der Waals surface area contributed by atoms with Gasteiger partial charge in [-0.25, -0.2) is 0 Å². The molecule has 19 heavy (non-hydrogen) atoms. The van der Waals surface area contributed by atoms with Gasteiger partial charge in [0.1, 0.15) is 0 Å². The van der Waals surface area contributed by atoms with Crippen LogP contribution in [0.4, 0.5) is 0 Å². The molecule has 0 saturated heterocycles. The number of hydrogen-bond acceptors (Lipinski definition) is 3. The fourth-order valence-electron chi connectivity index (χ4n) is 2.74. The number of aliphatic carboxylic acids is 1. The molecule has 2 atom stereocenters. The standard InChI is InChI=1S/C14H21NO4/c1-2-19-10-7-9(8-10)15-13(16)11-5-3-4-6-12(11)14(17)18/h3-4,9-12H,2,5-8H2,1H3,(H,15,16)(H,17,18). The second kappa shape index (κ2) is 6.19. The maximum atomic E-state index is 12.1. The van der Waals surface area contributed by atoms with E-state index in [1.807, 2.05) is 19.1 Å². The van der Waals surface area contributed by atoms with Crippen molar-refractivity contribution >= 4 is 11.9 Å². The van der Waals surface area contributed by atoms with Gasteiger partial charge < -0.3 is 15.2 Å². The highest BCUT2D eigenvalue weighted by Crippen LogP contribution is 2.28. The molecule has 2 unspecified atom stereocenters. The Labute approximate surface area is 113 Å². The van der Waals surface area contributed by atoms with Gasteiger partial charge in [0.05, 0.1) is 17.9 Å². The van der Waals surface area contributed by atoms with Gasteiger partial charge in [0, 0.05) is 12.6 Å². The Morgan fingerprint density at radius 3 is 2.47 bits per heavy atom. The quantitative estimate of drug-likeness (QED) is 0.737. The topological polar surface area (TPSA) is 75.6 Å². The number of carboxylic acids is 1.